The molecule has 1 atom stereocenters. The minimum atomic E-state index is -0.717. The number of amides is 2. The van der Waals surface area contributed by atoms with Gasteiger partial charge in [-0.1, -0.05) is 20.8 Å². The van der Waals surface area contributed by atoms with Crippen molar-refractivity contribution < 1.29 is 14.3 Å². The lowest BCUT2D eigenvalue weighted by Crippen LogP contribution is -2.70. The van der Waals surface area contributed by atoms with Gasteiger partial charge < -0.3 is 15.0 Å². The lowest BCUT2D eigenvalue weighted by molar-refractivity contribution is -0.157. The number of hydrogen-bond acceptors (Lipinski definition) is 3. The highest BCUT2D eigenvalue weighted by molar-refractivity contribution is 5.99. The molecule has 2 fully saturated rings. The van der Waals surface area contributed by atoms with Crippen LogP contribution in [0.3, 0.4) is 0 Å². The quantitative estimate of drug-likeness (QED) is 0.859. The van der Waals surface area contributed by atoms with Crippen molar-refractivity contribution in [3.63, 3.8) is 0 Å². The highest BCUT2D eigenvalue weighted by Gasteiger charge is 2.48. The van der Waals surface area contributed by atoms with Crippen molar-refractivity contribution in [2.24, 2.45) is 5.41 Å². The van der Waals surface area contributed by atoms with Gasteiger partial charge in [0.15, 0.2) is 0 Å². The number of piperazine rings is 1. The standard InChI is InChI=1S/C16H28N2O3/c1-5-16(6-2)14(20)18(12(3)13(19)17-16)11-15(4)7-9-21-10-8-15/h12H,5-11H2,1-4H3,(H,17,19). The van der Waals surface area contributed by atoms with Gasteiger partial charge in [0.25, 0.3) is 0 Å². The maximum atomic E-state index is 13.0. The Morgan fingerprint density at radius 2 is 1.81 bits per heavy atom. The first-order valence-corrected chi connectivity index (χ1v) is 8.08. The molecule has 2 heterocycles. The van der Waals surface area contributed by atoms with E-state index in [1.807, 2.05) is 20.8 Å². The summed E-state index contributed by atoms with van der Waals surface area (Å²) in [5, 5.41) is 2.95. The highest BCUT2D eigenvalue weighted by Crippen LogP contribution is 2.34. The van der Waals surface area contributed by atoms with E-state index in [1.54, 1.807) is 4.90 Å². The molecule has 0 radical (unpaired) electrons. The molecule has 1 N–H and O–H groups in total. The Labute approximate surface area is 127 Å². The summed E-state index contributed by atoms with van der Waals surface area (Å²) >= 11 is 0. The molecule has 21 heavy (non-hydrogen) atoms. The van der Waals surface area contributed by atoms with E-state index in [-0.39, 0.29) is 23.3 Å². The van der Waals surface area contributed by atoms with Crippen molar-refractivity contribution in [2.45, 2.75) is 65.0 Å². The largest absolute Gasteiger partial charge is 0.381 e. The number of nitrogens with one attached hydrogen (secondary N) is 1. The third kappa shape index (κ3) is 2.93. The maximum absolute atomic E-state index is 13.0. The average molecular weight is 296 g/mol. The molecule has 2 amide bonds. The summed E-state index contributed by atoms with van der Waals surface area (Å²) in [6.45, 7) is 10.1. The summed E-state index contributed by atoms with van der Waals surface area (Å²) in [6, 6.07) is -0.386. The van der Waals surface area contributed by atoms with Crippen molar-refractivity contribution in [1.82, 2.24) is 10.2 Å². The molecule has 2 saturated heterocycles. The molecule has 0 saturated carbocycles. The molecule has 0 aliphatic carbocycles. The molecule has 0 spiro atoms. The fraction of sp³-hybridized carbons (Fsp3) is 0.875. The highest BCUT2D eigenvalue weighted by atomic mass is 16.5. The number of rotatable bonds is 4. The first-order valence-electron chi connectivity index (χ1n) is 8.08. The lowest BCUT2D eigenvalue weighted by Gasteiger charge is -2.48. The van der Waals surface area contributed by atoms with Crippen LogP contribution in [0.4, 0.5) is 0 Å². The normalized spacial score (nSPS) is 28.4. The Morgan fingerprint density at radius 3 is 2.33 bits per heavy atom. The minimum absolute atomic E-state index is 0.0334. The number of ether oxygens (including phenoxy) is 1. The van der Waals surface area contributed by atoms with Crippen LogP contribution >= 0.6 is 0 Å². The van der Waals surface area contributed by atoms with E-state index in [4.69, 9.17) is 4.74 Å². The fourth-order valence-corrected chi connectivity index (χ4v) is 3.36. The Hall–Kier alpha value is -1.10. The van der Waals surface area contributed by atoms with Crippen molar-refractivity contribution in [3.8, 4) is 0 Å². The molecule has 2 aliphatic rings. The topological polar surface area (TPSA) is 58.6 Å². The molecule has 5 nitrogen and oxygen atoms in total. The molecule has 120 valence electrons. The van der Waals surface area contributed by atoms with Crippen molar-refractivity contribution in [3.05, 3.63) is 0 Å². The molecule has 0 bridgehead atoms. The van der Waals surface area contributed by atoms with E-state index in [9.17, 15) is 9.59 Å². The maximum Gasteiger partial charge on any atom is 0.248 e. The summed E-state index contributed by atoms with van der Waals surface area (Å²) in [5.41, 5.74) is -0.669. The van der Waals surface area contributed by atoms with E-state index in [1.165, 1.54) is 0 Å². The number of carbonyl (C=O) groups is 2. The van der Waals surface area contributed by atoms with Gasteiger partial charge in [0.1, 0.15) is 11.6 Å². The van der Waals surface area contributed by atoms with E-state index in [2.05, 4.69) is 12.2 Å². The third-order valence-electron chi connectivity index (χ3n) is 5.34. The summed E-state index contributed by atoms with van der Waals surface area (Å²) in [7, 11) is 0. The first-order chi connectivity index (χ1) is 9.87. The molecular weight excluding hydrogens is 268 g/mol. The van der Waals surface area contributed by atoms with E-state index in [0.717, 1.165) is 26.1 Å². The third-order valence-corrected chi connectivity index (χ3v) is 5.34. The average Bonchev–Trinajstić information content (AvgIpc) is 2.48. The molecular formula is C16H28N2O3. The summed E-state index contributed by atoms with van der Waals surface area (Å²) in [5.74, 6) is 0.0428. The molecule has 5 heteroatoms. The van der Waals surface area contributed by atoms with Crippen LogP contribution in [0.1, 0.15) is 53.4 Å². The van der Waals surface area contributed by atoms with Gasteiger partial charge in [-0.2, -0.15) is 0 Å². The predicted molar refractivity (Wildman–Crippen MR) is 80.8 cm³/mol. The van der Waals surface area contributed by atoms with Gasteiger partial charge in [-0.05, 0) is 38.0 Å². The van der Waals surface area contributed by atoms with Crippen LogP contribution in [-0.4, -0.2) is 48.1 Å². The molecule has 0 aromatic heterocycles. The van der Waals surface area contributed by atoms with Gasteiger partial charge in [-0.3, -0.25) is 9.59 Å². The minimum Gasteiger partial charge on any atom is -0.381 e. The number of carbonyl (C=O) groups excluding carboxylic acids is 2. The van der Waals surface area contributed by atoms with Crippen molar-refractivity contribution in [1.29, 1.82) is 0 Å². The lowest BCUT2D eigenvalue weighted by atomic mass is 9.79. The van der Waals surface area contributed by atoms with Crippen LogP contribution in [0.15, 0.2) is 0 Å². The zero-order valence-electron chi connectivity index (χ0n) is 13.7. The van der Waals surface area contributed by atoms with Gasteiger partial charge in [0.05, 0.1) is 0 Å². The van der Waals surface area contributed by atoms with E-state index < -0.39 is 5.54 Å². The number of nitrogens with zero attached hydrogens (tertiary/aromatic N) is 1. The van der Waals surface area contributed by atoms with Crippen molar-refractivity contribution in [2.75, 3.05) is 19.8 Å². The second kappa shape index (κ2) is 5.95. The summed E-state index contributed by atoms with van der Waals surface area (Å²) in [4.78, 5) is 27.1. The molecule has 1 unspecified atom stereocenters. The summed E-state index contributed by atoms with van der Waals surface area (Å²) in [6.07, 6.45) is 3.15. The SMILES string of the molecule is CCC1(CC)NC(=O)C(C)N(CC2(C)CCOCC2)C1=O. The molecule has 0 aromatic carbocycles. The van der Waals surface area contributed by atoms with Crippen molar-refractivity contribution >= 4 is 11.8 Å². The number of hydrogen-bond donors (Lipinski definition) is 1. The van der Waals surface area contributed by atoms with E-state index >= 15 is 0 Å². The van der Waals surface area contributed by atoms with Crippen LogP contribution in [0.2, 0.25) is 0 Å². The fourth-order valence-electron chi connectivity index (χ4n) is 3.36. The Bertz CT molecular complexity index is 412. The zero-order valence-corrected chi connectivity index (χ0v) is 13.7. The zero-order chi connectivity index (χ0) is 15.7. The van der Waals surface area contributed by atoms with Crippen LogP contribution in [-0.2, 0) is 14.3 Å². The van der Waals surface area contributed by atoms with Gasteiger partial charge >= 0.3 is 0 Å². The second-order valence-electron chi connectivity index (χ2n) is 6.81. The Kier molecular flexibility index (Phi) is 4.61. The first kappa shape index (κ1) is 16.3. The molecule has 2 aliphatic heterocycles. The predicted octanol–water partition coefficient (Wildman–Crippen LogP) is 1.71. The van der Waals surface area contributed by atoms with Gasteiger partial charge in [-0.25, -0.2) is 0 Å². The molecule has 0 aromatic rings. The Balaban J connectivity index is 2.22. The summed E-state index contributed by atoms with van der Waals surface area (Å²) < 4.78 is 5.43. The molecule has 2 rings (SSSR count). The monoisotopic (exact) mass is 296 g/mol. The van der Waals surface area contributed by atoms with Crippen LogP contribution in [0.25, 0.3) is 0 Å². The second-order valence-corrected chi connectivity index (χ2v) is 6.81. The smallest absolute Gasteiger partial charge is 0.248 e. The van der Waals surface area contributed by atoms with E-state index in [0.29, 0.717) is 19.4 Å². The van der Waals surface area contributed by atoms with Gasteiger partial charge in [0.2, 0.25) is 11.8 Å². The van der Waals surface area contributed by atoms with Crippen LogP contribution in [0.5, 0.6) is 0 Å². The van der Waals surface area contributed by atoms with Gasteiger partial charge in [-0.15, -0.1) is 0 Å². The Morgan fingerprint density at radius 1 is 1.24 bits per heavy atom. The van der Waals surface area contributed by atoms with Gasteiger partial charge in [0, 0.05) is 19.8 Å². The van der Waals surface area contributed by atoms with Crippen LogP contribution < -0.4 is 5.32 Å². The van der Waals surface area contributed by atoms with Crippen LogP contribution in [0, 0.1) is 5.41 Å².